The molecule has 0 bridgehead atoms. The van der Waals surface area contributed by atoms with Gasteiger partial charge in [-0.25, -0.2) is 35.4 Å². The highest BCUT2D eigenvalue weighted by atomic mass is 32.2. The van der Waals surface area contributed by atoms with Crippen LogP contribution in [0.25, 0.3) is 10.9 Å². The number of benzene rings is 1. The summed E-state index contributed by atoms with van der Waals surface area (Å²) in [6.07, 6.45) is -1.20. The Kier molecular flexibility index (Phi) is 5.40. The molecule has 0 aliphatic carbocycles. The first-order valence-electron chi connectivity index (χ1n) is 7.69. The third kappa shape index (κ3) is 3.72. The van der Waals surface area contributed by atoms with E-state index in [-0.39, 0.29) is 17.7 Å². The van der Waals surface area contributed by atoms with Crippen LogP contribution in [-0.2, 0) is 10.0 Å². The summed E-state index contributed by atoms with van der Waals surface area (Å²) in [4.78, 5) is 5.37. The van der Waals surface area contributed by atoms with Crippen LogP contribution in [0.5, 0.6) is 5.75 Å². The van der Waals surface area contributed by atoms with Crippen LogP contribution >= 0.6 is 0 Å². The average Bonchev–Trinajstić information content (AvgIpc) is 3.08. The fraction of sp³-hybridized carbons (Fsp3) is 0.188. The molecule has 12 heteroatoms. The number of aromatic amines is 1. The largest absolute Gasteiger partial charge is 0.489 e. The van der Waals surface area contributed by atoms with Crippen LogP contribution in [0.15, 0.2) is 35.5 Å². The number of ether oxygens (including phenoxy) is 1. The zero-order valence-electron chi connectivity index (χ0n) is 13.8. The average molecular weight is 421 g/mol. The van der Waals surface area contributed by atoms with E-state index in [1.54, 1.807) is 0 Å². The number of pyridine rings is 1. The van der Waals surface area contributed by atoms with Crippen LogP contribution in [0.3, 0.4) is 0 Å². The molecule has 0 unspecified atom stereocenters. The molecule has 0 radical (unpaired) electrons. The minimum atomic E-state index is -4.44. The molecule has 0 spiro atoms. The van der Waals surface area contributed by atoms with Gasteiger partial charge in [0.05, 0.1) is 17.3 Å². The SMILES string of the molecule is O=S(=O)(Nc1ncc(OCCF)cc1F)c1c[nH]c2c(F)c(C(F)F)ccc12. The molecule has 0 amide bonds. The first-order valence-corrected chi connectivity index (χ1v) is 9.17. The Morgan fingerprint density at radius 1 is 1.25 bits per heavy atom. The van der Waals surface area contributed by atoms with E-state index in [1.807, 2.05) is 4.72 Å². The minimum absolute atomic E-state index is 0.105. The summed E-state index contributed by atoms with van der Waals surface area (Å²) in [6.45, 7) is -1.13. The Balaban J connectivity index is 1.95. The Labute approximate surface area is 155 Å². The van der Waals surface area contributed by atoms with Gasteiger partial charge in [0.25, 0.3) is 16.4 Å². The molecule has 0 fully saturated rings. The second-order valence-electron chi connectivity index (χ2n) is 5.49. The van der Waals surface area contributed by atoms with E-state index in [0.29, 0.717) is 0 Å². The monoisotopic (exact) mass is 421 g/mol. The number of fused-ring (bicyclic) bond motifs is 1. The predicted octanol–water partition coefficient (Wildman–Crippen LogP) is 3.93. The standard InChI is InChI=1S/C16H12F5N3O3S/c17-3-4-27-8-5-11(18)16(23-6-8)24-28(25,26)12-7-22-14-9(12)1-2-10(13(14)19)15(20)21/h1-2,5-7,15,22H,3-4H2,(H,23,24). The molecule has 2 N–H and O–H groups in total. The number of alkyl halides is 3. The zero-order valence-corrected chi connectivity index (χ0v) is 14.7. The normalized spacial score (nSPS) is 11.9. The zero-order chi connectivity index (χ0) is 20.5. The maximum atomic E-state index is 14.1. The number of nitrogens with zero attached hydrogens (tertiary/aromatic N) is 1. The van der Waals surface area contributed by atoms with Crippen molar-refractivity contribution in [2.45, 2.75) is 11.3 Å². The van der Waals surface area contributed by atoms with Crippen molar-refractivity contribution in [1.82, 2.24) is 9.97 Å². The summed E-state index contributed by atoms with van der Waals surface area (Å²) < 4.78 is 97.6. The van der Waals surface area contributed by atoms with Gasteiger partial charge in [0.2, 0.25) is 0 Å². The third-order valence-corrected chi connectivity index (χ3v) is 5.08. The first kappa shape index (κ1) is 19.9. The molecule has 3 rings (SSSR count). The summed E-state index contributed by atoms with van der Waals surface area (Å²) in [7, 11) is -4.44. The van der Waals surface area contributed by atoms with Crippen LogP contribution in [0.1, 0.15) is 12.0 Å². The highest BCUT2D eigenvalue weighted by molar-refractivity contribution is 7.93. The quantitative estimate of drug-likeness (QED) is 0.567. The lowest BCUT2D eigenvalue weighted by Gasteiger charge is -2.09. The summed E-state index contributed by atoms with van der Waals surface area (Å²) in [5, 5.41) is -0.197. The number of nitrogens with one attached hydrogen (secondary N) is 2. The second-order valence-corrected chi connectivity index (χ2v) is 7.14. The van der Waals surface area contributed by atoms with Crippen molar-refractivity contribution in [3.8, 4) is 5.75 Å². The van der Waals surface area contributed by atoms with Crippen molar-refractivity contribution in [3.05, 3.63) is 47.8 Å². The van der Waals surface area contributed by atoms with E-state index < -0.39 is 56.6 Å². The van der Waals surface area contributed by atoms with Crippen molar-refractivity contribution in [3.63, 3.8) is 0 Å². The molecular formula is C16H12F5N3O3S. The molecule has 2 aromatic heterocycles. The molecule has 3 aromatic rings. The molecule has 1 aromatic carbocycles. The molecular weight excluding hydrogens is 409 g/mol. The number of anilines is 1. The maximum absolute atomic E-state index is 14.1. The fourth-order valence-corrected chi connectivity index (χ4v) is 3.65. The summed E-state index contributed by atoms with van der Waals surface area (Å²) in [5.74, 6) is -3.16. The van der Waals surface area contributed by atoms with Crippen LogP contribution in [0.4, 0.5) is 27.8 Å². The molecule has 0 aliphatic heterocycles. The Bertz CT molecular complexity index is 1120. The predicted molar refractivity (Wildman–Crippen MR) is 89.7 cm³/mol. The molecule has 150 valence electrons. The number of aromatic nitrogens is 2. The molecule has 0 atom stereocenters. The Morgan fingerprint density at radius 2 is 2.00 bits per heavy atom. The summed E-state index contributed by atoms with van der Waals surface area (Å²) in [6, 6.07) is 2.60. The number of hydrogen-bond acceptors (Lipinski definition) is 4. The summed E-state index contributed by atoms with van der Waals surface area (Å²) in [5.41, 5.74) is -1.32. The van der Waals surface area contributed by atoms with Gasteiger partial charge in [-0.05, 0) is 6.07 Å². The van der Waals surface area contributed by atoms with Gasteiger partial charge in [0, 0.05) is 17.6 Å². The van der Waals surface area contributed by atoms with E-state index >= 15 is 0 Å². The first-order chi connectivity index (χ1) is 13.2. The van der Waals surface area contributed by atoms with Crippen molar-refractivity contribution >= 4 is 26.7 Å². The number of sulfonamides is 1. The van der Waals surface area contributed by atoms with Gasteiger partial charge in [-0.3, -0.25) is 4.72 Å². The number of rotatable bonds is 7. The fourth-order valence-electron chi connectivity index (χ4n) is 2.46. The molecule has 28 heavy (non-hydrogen) atoms. The van der Waals surface area contributed by atoms with E-state index in [9.17, 15) is 30.4 Å². The molecule has 0 aliphatic rings. The van der Waals surface area contributed by atoms with Crippen molar-refractivity contribution in [2.75, 3.05) is 18.0 Å². The van der Waals surface area contributed by atoms with Crippen LogP contribution in [0.2, 0.25) is 0 Å². The Hall–Kier alpha value is -2.89. The smallest absolute Gasteiger partial charge is 0.266 e. The minimum Gasteiger partial charge on any atom is -0.489 e. The highest BCUT2D eigenvalue weighted by Gasteiger charge is 2.25. The van der Waals surface area contributed by atoms with Crippen molar-refractivity contribution in [1.29, 1.82) is 0 Å². The lowest BCUT2D eigenvalue weighted by atomic mass is 10.1. The molecule has 0 saturated heterocycles. The van der Waals surface area contributed by atoms with Crippen molar-refractivity contribution in [2.24, 2.45) is 0 Å². The number of hydrogen-bond donors (Lipinski definition) is 2. The van der Waals surface area contributed by atoms with Crippen LogP contribution in [0, 0.1) is 11.6 Å². The van der Waals surface area contributed by atoms with Gasteiger partial charge in [0.1, 0.15) is 23.9 Å². The van der Waals surface area contributed by atoms with Crippen LogP contribution < -0.4 is 9.46 Å². The van der Waals surface area contributed by atoms with Crippen LogP contribution in [-0.4, -0.2) is 31.7 Å². The third-order valence-electron chi connectivity index (χ3n) is 3.70. The highest BCUT2D eigenvalue weighted by Crippen LogP contribution is 2.32. The van der Waals surface area contributed by atoms with Gasteiger partial charge in [-0.15, -0.1) is 0 Å². The summed E-state index contributed by atoms with van der Waals surface area (Å²) >= 11 is 0. The van der Waals surface area contributed by atoms with E-state index in [0.717, 1.165) is 30.6 Å². The molecule has 2 heterocycles. The van der Waals surface area contributed by atoms with Gasteiger partial charge in [-0.2, -0.15) is 0 Å². The van der Waals surface area contributed by atoms with E-state index in [4.69, 9.17) is 4.74 Å². The maximum Gasteiger partial charge on any atom is 0.266 e. The lowest BCUT2D eigenvalue weighted by Crippen LogP contribution is -2.15. The van der Waals surface area contributed by atoms with Gasteiger partial charge < -0.3 is 9.72 Å². The van der Waals surface area contributed by atoms with Gasteiger partial charge in [0.15, 0.2) is 17.5 Å². The van der Waals surface area contributed by atoms with Crippen molar-refractivity contribution < 1.29 is 35.1 Å². The van der Waals surface area contributed by atoms with E-state index in [2.05, 4.69) is 9.97 Å². The molecule has 0 saturated carbocycles. The van der Waals surface area contributed by atoms with E-state index in [1.165, 1.54) is 0 Å². The van der Waals surface area contributed by atoms with Gasteiger partial charge in [-0.1, -0.05) is 6.07 Å². The Morgan fingerprint density at radius 3 is 2.64 bits per heavy atom. The topological polar surface area (TPSA) is 84.1 Å². The number of H-pyrrole nitrogens is 1. The second kappa shape index (κ2) is 7.62. The van der Waals surface area contributed by atoms with Gasteiger partial charge >= 0.3 is 0 Å². The molecule has 6 nitrogen and oxygen atoms in total. The number of halogens is 5. The lowest BCUT2D eigenvalue weighted by molar-refractivity contribution is 0.146.